The number of halogens is 2. The van der Waals surface area contributed by atoms with E-state index in [-0.39, 0.29) is 0 Å². The Bertz CT molecular complexity index is 663. The molecule has 7 heteroatoms. The molecule has 0 aliphatic carbocycles. The summed E-state index contributed by atoms with van der Waals surface area (Å²) in [6.45, 7) is 2.30. The van der Waals surface area contributed by atoms with E-state index in [4.69, 9.17) is 0 Å². The molecule has 0 N–H and O–H groups in total. The van der Waals surface area contributed by atoms with Crippen LogP contribution in [0, 0.1) is 11.6 Å². The maximum Gasteiger partial charge on any atom is 0.237 e. The Hall–Kier alpha value is -1.50. The average Bonchev–Trinajstić information content (AvgIpc) is 2.45. The number of nitrogens with zero attached hydrogens (tertiary/aromatic N) is 1. The van der Waals surface area contributed by atoms with E-state index in [0.717, 1.165) is 44.2 Å². The van der Waals surface area contributed by atoms with Crippen LogP contribution in [0.15, 0.2) is 18.2 Å². The zero-order chi connectivity index (χ0) is 17.7. The highest BCUT2D eigenvalue weighted by Gasteiger charge is 2.31. The maximum absolute atomic E-state index is 13.8. The fourth-order valence-corrected chi connectivity index (χ4v) is 4.32. The molecule has 0 spiro atoms. The summed E-state index contributed by atoms with van der Waals surface area (Å²) in [6, 6.07) is 3.22. The van der Waals surface area contributed by atoms with Crippen LogP contribution < -0.4 is 0 Å². The molecule has 0 saturated carbocycles. The Morgan fingerprint density at radius 1 is 1.08 bits per heavy atom. The van der Waals surface area contributed by atoms with Gasteiger partial charge in [-0.3, -0.25) is 4.79 Å². The second-order valence-corrected chi connectivity index (χ2v) is 8.55. The van der Waals surface area contributed by atoms with Crippen LogP contribution in [-0.4, -0.2) is 38.1 Å². The lowest BCUT2D eigenvalue weighted by molar-refractivity contribution is -0.128. The molecule has 0 unspecified atom stereocenters. The van der Waals surface area contributed by atoms with Gasteiger partial charge in [-0.25, -0.2) is 17.2 Å². The first-order valence-corrected chi connectivity index (χ1v) is 9.97. The van der Waals surface area contributed by atoms with Gasteiger partial charge in [0.1, 0.15) is 17.4 Å². The molecule has 1 aliphatic heterocycles. The van der Waals surface area contributed by atoms with Gasteiger partial charge in [0.15, 0.2) is 9.84 Å². The second kappa shape index (κ2) is 8.05. The number of amides is 1. The van der Waals surface area contributed by atoms with Crippen molar-refractivity contribution in [1.82, 2.24) is 4.90 Å². The van der Waals surface area contributed by atoms with E-state index in [1.165, 1.54) is 13.0 Å². The van der Waals surface area contributed by atoms with Crippen molar-refractivity contribution in [1.29, 1.82) is 0 Å². The molecule has 0 bridgehead atoms. The normalized spacial score (nSPS) is 17.9. The highest BCUT2D eigenvalue weighted by Crippen LogP contribution is 2.28. The number of hydrogen-bond donors (Lipinski definition) is 0. The summed E-state index contributed by atoms with van der Waals surface area (Å²) in [5.74, 6) is -3.03. The van der Waals surface area contributed by atoms with E-state index < -0.39 is 43.9 Å². The Labute approximate surface area is 141 Å². The summed E-state index contributed by atoms with van der Waals surface area (Å²) in [7, 11) is -4.00. The van der Waals surface area contributed by atoms with Crippen molar-refractivity contribution in [3.8, 4) is 0 Å². The molecule has 1 fully saturated rings. The van der Waals surface area contributed by atoms with E-state index in [0.29, 0.717) is 13.1 Å². The number of benzene rings is 1. The third-order valence-corrected chi connectivity index (χ3v) is 6.44. The molecule has 1 atom stereocenters. The van der Waals surface area contributed by atoms with Gasteiger partial charge < -0.3 is 4.90 Å². The van der Waals surface area contributed by atoms with E-state index in [9.17, 15) is 22.0 Å². The van der Waals surface area contributed by atoms with Crippen LogP contribution >= 0.6 is 0 Å². The van der Waals surface area contributed by atoms with Crippen LogP contribution in [0.1, 0.15) is 49.8 Å². The molecule has 4 nitrogen and oxygen atoms in total. The van der Waals surface area contributed by atoms with E-state index >= 15 is 0 Å². The monoisotopic (exact) mass is 359 g/mol. The van der Waals surface area contributed by atoms with Gasteiger partial charge in [0, 0.05) is 18.7 Å². The quantitative estimate of drug-likeness (QED) is 0.829. The van der Waals surface area contributed by atoms with Gasteiger partial charge in [-0.15, -0.1) is 0 Å². The molecule has 1 aliphatic rings. The molecule has 1 heterocycles. The van der Waals surface area contributed by atoms with Crippen LogP contribution in [-0.2, 0) is 14.6 Å². The predicted octanol–water partition coefficient (Wildman–Crippen LogP) is 3.23. The van der Waals surface area contributed by atoms with Gasteiger partial charge >= 0.3 is 0 Å². The molecule has 0 radical (unpaired) electrons. The predicted molar refractivity (Wildman–Crippen MR) is 88.2 cm³/mol. The molecule has 134 valence electrons. The summed E-state index contributed by atoms with van der Waals surface area (Å²) in [5, 5.41) is -1.41. The summed E-state index contributed by atoms with van der Waals surface area (Å²) < 4.78 is 52.6. The topological polar surface area (TPSA) is 54.5 Å². The molecule has 0 aromatic heterocycles. The van der Waals surface area contributed by atoms with Crippen molar-refractivity contribution in [3.63, 3.8) is 0 Å². The van der Waals surface area contributed by atoms with Crippen molar-refractivity contribution in [3.05, 3.63) is 35.4 Å². The summed E-state index contributed by atoms with van der Waals surface area (Å²) in [6.07, 6.45) is 4.87. The number of carbonyl (C=O) groups is 1. The van der Waals surface area contributed by atoms with Crippen LogP contribution in [0.4, 0.5) is 8.78 Å². The Morgan fingerprint density at radius 2 is 1.58 bits per heavy atom. The molecule has 1 saturated heterocycles. The maximum atomic E-state index is 13.8. The average molecular weight is 359 g/mol. The van der Waals surface area contributed by atoms with Crippen molar-refractivity contribution < 1.29 is 22.0 Å². The lowest BCUT2D eigenvalue weighted by Gasteiger charge is -2.25. The van der Waals surface area contributed by atoms with Gasteiger partial charge in [0.2, 0.25) is 5.91 Å². The SMILES string of the molecule is C[C@H](c1c(F)cccc1F)S(=O)(=O)CC(=O)N1CCCCCCC1. The lowest BCUT2D eigenvalue weighted by Crippen LogP contribution is -2.38. The van der Waals surface area contributed by atoms with Crippen molar-refractivity contribution in [2.75, 3.05) is 18.8 Å². The van der Waals surface area contributed by atoms with Crippen LogP contribution in [0.3, 0.4) is 0 Å². The molecule has 24 heavy (non-hydrogen) atoms. The fourth-order valence-electron chi connectivity index (χ4n) is 2.96. The van der Waals surface area contributed by atoms with Gasteiger partial charge in [0.25, 0.3) is 0 Å². The Kier molecular flexibility index (Phi) is 6.32. The number of rotatable bonds is 4. The number of likely N-dealkylation sites (tertiary alicyclic amines) is 1. The van der Waals surface area contributed by atoms with Gasteiger partial charge in [0.05, 0.1) is 5.25 Å². The van der Waals surface area contributed by atoms with Crippen LogP contribution in [0.5, 0.6) is 0 Å². The highest BCUT2D eigenvalue weighted by atomic mass is 32.2. The van der Waals surface area contributed by atoms with Crippen LogP contribution in [0.2, 0.25) is 0 Å². The number of carbonyl (C=O) groups excluding carboxylic acids is 1. The summed E-state index contributed by atoms with van der Waals surface area (Å²) >= 11 is 0. The van der Waals surface area contributed by atoms with Crippen LogP contribution in [0.25, 0.3) is 0 Å². The molecular weight excluding hydrogens is 336 g/mol. The molecule has 1 amide bonds. The van der Waals surface area contributed by atoms with Gasteiger partial charge in [-0.2, -0.15) is 0 Å². The van der Waals surface area contributed by atoms with Gasteiger partial charge in [-0.05, 0) is 31.9 Å². The highest BCUT2D eigenvalue weighted by molar-refractivity contribution is 7.92. The van der Waals surface area contributed by atoms with Crippen molar-refractivity contribution in [2.45, 2.75) is 44.3 Å². The third kappa shape index (κ3) is 4.53. The molecule has 1 aromatic rings. The lowest BCUT2D eigenvalue weighted by atomic mass is 10.1. The first kappa shape index (κ1) is 18.8. The first-order chi connectivity index (χ1) is 11.3. The number of hydrogen-bond acceptors (Lipinski definition) is 3. The van der Waals surface area contributed by atoms with Crippen molar-refractivity contribution >= 4 is 15.7 Å². The molecule has 1 aromatic carbocycles. The molecular formula is C17H23F2NO3S. The van der Waals surface area contributed by atoms with E-state index in [1.54, 1.807) is 4.90 Å². The third-order valence-electron chi connectivity index (χ3n) is 4.48. The van der Waals surface area contributed by atoms with E-state index in [2.05, 4.69) is 0 Å². The molecule has 2 rings (SSSR count). The Morgan fingerprint density at radius 3 is 2.12 bits per heavy atom. The minimum Gasteiger partial charge on any atom is -0.342 e. The zero-order valence-corrected chi connectivity index (χ0v) is 14.6. The largest absolute Gasteiger partial charge is 0.342 e. The zero-order valence-electron chi connectivity index (χ0n) is 13.8. The standard InChI is InChI=1S/C17H23F2NO3S/c1-13(17-14(18)8-7-9-15(17)19)24(22,23)12-16(21)20-10-5-3-2-4-6-11-20/h7-9,13H,2-6,10-12H2,1H3/t13-/m1/s1. The minimum absolute atomic E-state index is 0.486. The second-order valence-electron chi connectivity index (χ2n) is 6.23. The summed E-state index contributed by atoms with van der Waals surface area (Å²) in [4.78, 5) is 13.9. The Balaban J connectivity index is 2.13. The first-order valence-electron chi connectivity index (χ1n) is 8.26. The van der Waals surface area contributed by atoms with Crippen molar-refractivity contribution in [2.24, 2.45) is 0 Å². The summed E-state index contributed by atoms with van der Waals surface area (Å²) in [5.41, 5.74) is -0.502. The number of sulfone groups is 1. The fraction of sp³-hybridized carbons (Fsp3) is 0.588. The van der Waals surface area contributed by atoms with Gasteiger partial charge in [-0.1, -0.05) is 25.3 Å². The van der Waals surface area contributed by atoms with E-state index in [1.807, 2.05) is 0 Å². The minimum atomic E-state index is -4.00. The smallest absolute Gasteiger partial charge is 0.237 e.